The van der Waals surface area contributed by atoms with Crippen LogP contribution in [-0.4, -0.2) is 75.2 Å². The zero-order valence-corrected chi connectivity index (χ0v) is 17.6. The Kier molecular flexibility index (Phi) is 6.19. The van der Waals surface area contributed by atoms with Gasteiger partial charge in [-0.25, -0.2) is 13.4 Å². The summed E-state index contributed by atoms with van der Waals surface area (Å²) in [5, 5.41) is 0.544. The third-order valence-corrected chi connectivity index (χ3v) is 7.20. The maximum Gasteiger partial charge on any atom is 0.227 e. The van der Waals surface area contributed by atoms with Crippen molar-refractivity contribution in [3.8, 4) is 0 Å². The number of nitrogens with zero attached hydrogens (tertiary/aromatic N) is 5. The number of benzene rings is 1. The highest BCUT2D eigenvalue weighted by molar-refractivity contribution is 7.88. The number of rotatable bonds is 5. The molecule has 4 rings (SSSR count). The number of morpholine rings is 1. The largest absolute Gasteiger partial charge is 0.378 e. The number of anilines is 2. The van der Waals surface area contributed by atoms with Crippen molar-refractivity contribution >= 4 is 33.4 Å². The van der Waals surface area contributed by atoms with E-state index in [-0.39, 0.29) is 5.75 Å². The van der Waals surface area contributed by atoms with Gasteiger partial charge in [0.15, 0.2) is 0 Å². The summed E-state index contributed by atoms with van der Waals surface area (Å²) >= 11 is 5.98. The lowest BCUT2D eigenvalue weighted by Gasteiger charge is -2.35. The molecule has 0 bridgehead atoms. The summed E-state index contributed by atoms with van der Waals surface area (Å²) in [5.74, 6) is 1.48. The average molecular weight is 438 g/mol. The normalized spacial score (nSPS) is 18.8. The maximum atomic E-state index is 12.8. The lowest BCUT2D eigenvalue weighted by Crippen LogP contribution is -2.49. The van der Waals surface area contributed by atoms with Gasteiger partial charge in [0.25, 0.3) is 0 Å². The van der Waals surface area contributed by atoms with E-state index in [9.17, 15) is 8.42 Å². The molecule has 0 atom stereocenters. The molecule has 156 valence electrons. The van der Waals surface area contributed by atoms with Crippen molar-refractivity contribution < 1.29 is 13.2 Å². The average Bonchev–Trinajstić information content (AvgIpc) is 2.74. The SMILES string of the molecule is O=S(=O)(Cc1cccc(Cl)c1)N1CCN(c2ccnc(N3CCOCC3)n2)CC1. The van der Waals surface area contributed by atoms with Gasteiger partial charge >= 0.3 is 0 Å². The van der Waals surface area contributed by atoms with Crippen LogP contribution in [0.15, 0.2) is 36.5 Å². The minimum Gasteiger partial charge on any atom is -0.378 e. The molecule has 0 spiro atoms. The van der Waals surface area contributed by atoms with Gasteiger partial charge in [-0.05, 0) is 23.8 Å². The Morgan fingerprint density at radius 1 is 1.00 bits per heavy atom. The van der Waals surface area contributed by atoms with Crippen molar-refractivity contribution in [2.75, 3.05) is 62.3 Å². The van der Waals surface area contributed by atoms with E-state index in [4.69, 9.17) is 16.3 Å². The van der Waals surface area contributed by atoms with Gasteiger partial charge in [-0.15, -0.1) is 0 Å². The molecule has 0 amide bonds. The highest BCUT2D eigenvalue weighted by atomic mass is 35.5. The van der Waals surface area contributed by atoms with Crippen LogP contribution < -0.4 is 9.80 Å². The van der Waals surface area contributed by atoms with Gasteiger partial charge in [0.2, 0.25) is 16.0 Å². The fourth-order valence-electron chi connectivity index (χ4n) is 3.56. The van der Waals surface area contributed by atoms with E-state index in [0.29, 0.717) is 55.9 Å². The first kappa shape index (κ1) is 20.3. The highest BCUT2D eigenvalue weighted by Gasteiger charge is 2.28. The van der Waals surface area contributed by atoms with Crippen molar-refractivity contribution in [3.05, 3.63) is 47.1 Å². The number of ether oxygens (including phenoxy) is 1. The second-order valence-electron chi connectivity index (χ2n) is 7.09. The zero-order valence-electron chi connectivity index (χ0n) is 16.1. The summed E-state index contributed by atoms with van der Waals surface area (Å²) in [7, 11) is -3.39. The van der Waals surface area contributed by atoms with Gasteiger partial charge < -0.3 is 14.5 Å². The van der Waals surface area contributed by atoms with Gasteiger partial charge in [-0.3, -0.25) is 0 Å². The Hall–Kier alpha value is -1.94. The predicted octanol–water partition coefficient (Wildman–Crippen LogP) is 1.62. The zero-order chi connectivity index (χ0) is 20.3. The molecule has 1 aromatic carbocycles. The van der Waals surface area contributed by atoms with Crippen LogP contribution in [0.4, 0.5) is 11.8 Å². The molecule has 1 aromatic heterocycles. The molecule has 10 heteroatoms. The van der Waals surface area contributed by atoms with E-state index < -0.39 is 10.0 Å². The number of aromatic nitrogens is 2. The van der Waals surface area contributed by atoms with Gasteiger partial charge in [0.1, 0.15) is 5.82 Å². The van der Waals surface area contributed by atoms with Gasteiger partial charge in [-0.1, -0.05) is 23.7 Å². The molecule has 0 aliphatic carbocycles. The molecular weight excluding hydrogens is 414 g/mol. The Morgan fingerprint density at radius 2 is 1.76 bits per heavy atom. The Balaban J connectivity index is 1.39. The topological polar surface area (TPSA) is 78.9 Å². The highest BCUT2D eigenvalue weighted by Crippen LogP contribution is 2.20. The monoisotopic (exact) mass is 437 g/mol. The van der Waals surface area contributed by atoms with Crippen LogP contribution in [0.5, 0.6) is 0 Å². The molecule has 2 fully saturated rings. The molecule has 2 aromatic rings. The molecule has 0 N–H and O–H groups in total. The Labute approximate surface area is 176 Å². The first-order valence-electron chi connectivity index (χ1n) is 9.64. The third kappa shape index (κ3) is 4.98. The van der Waals surface area contributed by atoms with E-state index in [2.05, 4.69) is 19.8 Å². The summed E-state index contributed by atoms with van der Waals surface area (Å²) in [4.78, 5) is 13.3. The smallest absolute Gasteiger partial charge is 0.227 e. The number of halogens is 1. The first-order chi connectivity index (χ1) is 14.0. The van der Waals surface area contributed by atoms with Crippen molar-refractivity contribution in [1.82, 2.24) is 14.3 Å². The van der Waals surface area contributed by atoms with Crippen LogP contribution in [-0.2, 0) is 20.5 Å². The summed E-state index contributed by atoms with van der Waals surface area (Å²) in [6.07, 6.45) is 1.76. The van der Waals surface area contributed by atoms with Crippen LogP contribution >= 0.6 is 11.6 Å². The summed E-state index contributed by atoms with van der Waals surface area (Å²) in [6.45, 7) is 4.95. The molecule has 0 radical (unpaired) electrons. The predicted molar refractivity (Wildman–Crippen MR) is 113 cm³/mol. The summed E-state index contributed by atoms with van der Waals surface area (Å²) < 4.78 is 32.5. The van der Waals surface area contributed by atoms with Crippen molar-refractivity contribution in [2.24, 2.45) is 0 Å². The molecule has 3 heterocycles. The standard InChI is InChI=1S/C19H24ClN5O3S/c20-17-3-1-2-16(14-17)15-29(26,27)25-8-6-23(7-9-25)18-4-5-21-19(22-18)24-10-12-28-13-11-24/h1-5,14H,6-13,15H2. The lowest BCUT2D eigenvalue weighted by atomic mass is 10.2. The Morgan fingerprint density at radius 3 is 2.48 bits per heavy atom. The second kappa shape index (κ2) is 8.83. The molecule has 2 saturated heterocycles. The molecule has 0 unspecified atom stereocenters. The minimum atomic E-state index is -3.39. The van der Waals surface area contributed by atoms with Crippen LogP contribution in [0.25, 0.3) is 0 Å². The van der Waals surface area contributed by atoms with E-state index in [1.165, 1.54) is 0 Å². The summed E-state index contributed by atoms with van der Waals surface area (Å²) in [6, 6.07) is 8.87. The number of hydrogen-bond acceptors (Lipinski definition) is 7. The first-order valence-corrected chi connectivity index (χ1v) is 11.6. The van der Waals surface area contributed by atoms with Crippen molar-refractivity contribution in [1.29, 1.82) is 0 Å². The van der Waals surface area contributed by atoms with Gasteiger partial charge in [-0.2, -0.15) is 9.29 Å². The lowest BCUT2D eigenvalue weighted by molar-refractivity contribution is 0.122. The summed E-state index contributed by atoms with van der Waals surface area (Å²) in [5.41, 5.74) is 0.700. The van der Waals surface area contributed by atoms with E-state index in [0.717, 1.165) is 18.9 Å². The molecule has 29 heavy (non-hydrogen) atoms. The van der Waals surface area contributed by atoms with E-state index in [1.807, 2.05) is 6.07 Å². The third-order valence-electron chi connectivity index (χ3n) is 5.12. The van der Waals surface area contributed by atoms with Crippen LogP contribution in [0, 0.1) is 0 Å². The van der Waals surface area contributed by atoms with E-state index >= 15 is 0 Å². The minimum absolute atomic E-state index is 0.0394. The number of hydrogen-bond donors (Lipinski definition) is 0. The number of piperazine rings is 1. The maximum absolute atomic E-state index is 12.8. The quantitative estimate of drug-likeness (QED) is 0.703. The van der Waals surface area contributed by atoms with Crippen LogP contribution in [0.2, 0.25) is 5.02 Å². The fraction of sp³-hybridized carbons (Fsp3) is 0.474. The number of sulfonamides is 1. The molecule has 2 aliphatic heterocycles. The van der Waals surface area contributed by atoms with Crippen LogP contribution in [0.3, 0.4) is 0 Å². The van der Waals surface area contributed by atoms with Crippen molar-refractivity contribution in [2.45, 2.75) is 5.75 Å². The Bertz CT molecular complexity index is 944. The molecule has 8 nitrogen and oxygen atoms in total. The van der Waals surface area contributed by atoms with Gasteiger partial charge in [0, 0.05) is 50.5 Å². The molecule has 2 aliphatic rings. The molecular formula is C19H24ClN5O3S. The van der Waals surface area contributed by atoms with Crippen LogP contribution in [0.1, 0.15) is 5.56 Å². The molecule has 0 saturated carbocycles. The second-order valence-corrected chi connectivity index (χ2v) is 9.49. The van der Waals surface area contributed by atoms with Crippen molar-refractivity contribution in [3.63, 3.8) is 0 Å². The fourth-order valence-corrected chi connectivity index (χ4v) is 5.27. The van der Waals surface area contributed by atoms with E-state index in [1.54, 1.807) is 34.8 Å². The van der Waals surface area contributed by atoms with Gasteiger partial charge in [0.05, 0.1) is 19.0 Å².